The van der Waals surface area contributed by atoms with Crippen LogP contribution in [0.3, 0.4) is 0 Å². The van der Waals surface area contributed by atoms with E-state index < -0.39 is 12.1 Å². The number of ether oxygens (including phenoxy) is 1. The third-order valence-corrected chi connectivity index (χ3v) is 2.57. The van der Waals surface area contributed by atoms with E-state index in [0.29, 0.717) is 11.3 Å². The number of nitrogens with two attached hydrogens (primary N) is 1. The highest BCUT2D eigenvalue weighted by Crippen LogP contribution is 2.12. The Balaban J connectivity index is 2.54. The standard InChI is InChI=1S/C15H22N2O3/c1-10(14(19)17-15(2,3)4)20-13(18)9-11-7-5-6-8-12(11)16/h5-8,10H,9,16H2,1-4H3,(H,17,19). The summed E-state index contributed by atoms with van der Waals surface area (Å²) in [5.41, 5.74) is 6.63. The Labute approximate surface area is 119 Å². The Hall–Kier alpha value is -2.04. The second kappa shape index (κ2) is 6.41. The van der Waals surface area contributed by atoms with Crippen molar-refractivity contribution in [3.63, 3.8) is 0 Å². The van der Waals surface area contributed by atoms with E-state index in [0.717, 1.165) is 0 Å². The van der Waals surface area contributed by atoms with Crippen molar-refractivity contribution in [3.05, 3.63) is 29.8 Å². The molecule has 5 nitrogen and oxygen atoms in total. The molecule has 0 saturated heterocycles. The summed E-state index contributed by atoms with van der Waals surface area (Å²) >= 11 is 0. The molecule has 1 atom stereocenters. The molecule has 3 N–H and O–H groups in total. The van der Waals surface area contributed by atoms with Crippen LogP contribution < -0.4 is 11.1 Å². The number of hydrogen-bond donors (Lipinski definition) is 2. The molecular formula is C15H22N2O3. The van der Waals surface area contributed by atoms with E-state index in [9.17, 15) is 9.59 Å². The lowest BCUT2D eigenvalue weighted by Crippen LogP contribution is -2.46. The van der Waals surface area contributed by atoms with E-state index in [1.165, 1.54) is 0 Å². The summed E-state index contributed by atoms with van der Waals surface area (Å²) in [5.74, 6) is -0.786. The van der Waals surface area contributed by atoms with E-state index in [1.807, 2.05) is 20.8 Å². The van der Waals surface area contributed by atoms with Crippen molar-refractivity contribution in [2.45, 2.75) is 45.8 Å². The minimum atomic E-state index is -0.827. The molecule has 0 bridgehead atoms. The fourth-order valence-corrected chi connectivity index (χ4v) is 1.61. The van der Waals surface area contributed by atoms with Gasteiger partial charge in [-0.1, -0.05) is 18.2 Å². The number of carbonyl (C=O) groups is 2. The summed E-state index contributed by atoms with van der Waals surface area (Å²) in [7, 11) is 0. The molecule has 20 heavy (non-hydrogen) atoms. The first-order valence-corrected chi connectivity index (χ1v) is 6.54. The van der Waals surface area contributed by atoms with Gasteiger partial charge in [-0.15, -0.1) is 0 Å². The lowest BCUT2D eigenvalue weighted by molar-refractivity contribution is -0.154. The van der Waals surface area contributed by atoms with Crippen LogP contribution in [0.25, 0.3) is 0 Å². The van der Waals surface area contributed by atoms with Crippen LogP contribution in [0.15, 0.2) is 24.3 Å². The molecule has 110 valence electrons. The molecule has 1 rings (SSSR count). The predicted octanol–water partition coefficient (Wildman–Crippen LogP) is 1.66. The number of carbonyl (C=O) groups excluding carboxylic acids is 2. The molecule has 0 heterocycles. The zero-order valence-corrected chi connectivity index (χ0v) is 12.4. The van der Waals surface area contributed by atoms with Crippen LogP contribution in [-0.4, -0.2) is 23.5 Å². The summed E-state index contributed by atoms with van der Waals surface area (Å²) in [6.45, 7) is 7.14. The molecule has 1 unspecified atom stereocenters. The van der Waals surface area contributed by atoms with Gasteiger partial charge in [-0.25, -0.2) is 0 Å². The van der Waals surface area contributed by atoms with Gasteiger partial charge in [0.25, 0.3) is 5.91 Å². The average Bonchev–Trinajstić information content (AvgIpc) is 2.29. The molecule has 1 amide bonds. The zero-order valence-electron chi connectivity index (χ0n) is 12.4. The molecule has 0 spiro atoms. The summed E-state index contributed by atoms with van der Waals surface area (Å²) in [6, 6.07) is 7.08. The van der Waals surface area contributed by atoms with E-state index in [-0.39, 0.29) is 17.9 Å². The Bertz CT molecular complexity index is 492. The van der Waals surface area contributed by atoms with Gasteiger partial charge in [0.15, 0.2) is 6.10 Å². The SMILES string of the molecule is CC(OC(=O)Cc1ccccc1N)C(=O)NC(C)(C)C. The first kappa shape index (κ1) is 16.0. The van der Waals surface area contributed by atoms with Gasteiger partial charge in [0.1, 0.15) is 0 Å². The lowest BCUT2D eigenvalue weighted by atomic mass is 10.1. The molecule has 1 aromatic rings. The number of rotatable bonds is 4. The van der Waals surface area contributed by atoms with Crippen molar-refractivity contribution < 1.29 is 14.3 Å². The second-order valence-corrected chi connectivity index (χ2v) is 5.75. The first-order chi connectivity index (χ1) is 9.19. The summed E-state index contributed by atoms with van der Waals surface area (Å²) in [6.07, 6.45) is -0.772. The Morgan fingerprint density at radius 3 is 2.45 bits per heavy atom. The van der Waals surface area contributed by atoms with Crippen molar-refractivity contribution >= 4 is 17.6 Å². The van der Waals surface area contributed by atoms with Gasteiger partial charge in [0.05, 0.1) is 6.42 Å². The molecule has 0 aliphatic carbocycles. The molecule has 0 radical (unpaired) electrons. The number of nitrogens with one attached hydrogen (secondary N) is 1. The molecule has 0 fully saturated rings. The molecule has 1 aromatic carbocycles. The van der Waals surface area contributed by atoms with Crippen LogP contribution in [0.5, 0.6) is 0 Å². The minimum absolute atomic E-state index is 0.0554. The topological polar surface area (TPSA) is 81.4 Å². The van der Waals surface area contributed by atoms with Crippen LogP contribution in [0.1, 0.15) is 33.3 Å². The van der Waals surface area contributed by atoms with E-state index in [1.54, 1.807) is 31.2 Å². The maximum Gasteiger partial charge on any atom is 0.311 e. The van der Waals surface area contributed by atoms with Crippen LogP contribution >= 0.6 is 0 Å². The van der Waals surface area contributed by atoms with Crippen LogP contribution in [0.4, 0.5) is 5.69 Å². The number of benzene rings is 1. The van der Waals surface area contributed by atoms with Gasteiger partial charge in [0.2, 0.25) is 0 Å². The van der Waals surface area contributed by atoms with Gasteiger partial charge in [-0.3, -0.25) is 9.59 Å². The lowest BCUT2D eigenvalue weighted by Gasteiger charge is -2.23. The molecule has 0 aliphatic heterocycles. The van der Waals surface area contributed by atoms with Crippen molar-refractivity contribution in [2.75, 3.05) is 5.73 Å². The van der Waals surface area contributed by atoms with E-state index >= 15 is 0 Å². The fraction of sp³-hybridized carbons (Fsp3) is 0.467. The van der Waals surface area contributed by atoms with Crippen LogP contribution in [0.2, 0.25) is 0 Å². The van der Waals surface area contributed by atoms with E-state index in [4.69, 9.17) is 10.5 Å². The minimum Gasteiger partial charge on any atom is -0.452 e. The Morgan fingerprint density at radius 2 is 1.90 bits per heavy atom. The maximum atomic E-state index is 11.8. The molecular weight excluding hydrogens is 256 g/mol. The Morgan fingerprint density at radius 1 is 1.30 bits per heavy atom. The number of nitrogen functional groups attached to an aromatic ring is 1. The molecule has 5 heteroatoms. The number of anilines is 1. The zero-order chi connectivity index (χ0) is 15.3. The third kappa shape index (κ3) is 5.30. The van der Waals surface area contributed by atoms with Gasteiger partial charge >= 0.3 is 5.97 Å². The number of amides is 1. The number of para-hydroxylation sites is 1. The monoisotopic (exact) mass is 278 g/mol. The van der Waals surface area contributed by atoms with Crippen molar-refractivity contribution in [3.8, 4) is 0 Å². The van der Waals surface area contributed by atoms with Crippen LogP contribution in [0, 0.1) is 0 Å². The smallest absolute Gasteiger partial charge is 0.311 e. The first-order valence-electron chi connectivity index (χ1n) is 6.54. The highest BCUT2D eigenvalue weighted by Gasteiger charge is 2.22. The van der Waals surface area contributed by atoms with Crippen molar-refractivity contribution in [1.82, 2.24) is 5.32 Å². The highest BCUT2D eigenvalue weighted by molar-refractivity contribution is 5.84. The highest BCUT2D eigenvalue weighted by atomic mass is 16.5. The summed E-state index contributed by atoms with van der Waals surface area (Å²) in [4.78, 5) is 23.6. The summed E-state index contributed by atoms with van der Waals surface area (Å²) in [5, 5.41) is 2.76. The molecule has 0 aromatic heterocycles. The Kier molecular flexibility index (Phi) is 5.13. The average molecular weight is 278 g/mol. The molecule has 0 aliphatic rings. The summed E-state index contributed by atoms with van der Waals surface area (Å²) < 4.78 is 5.11. The van der Waals surface area contributed by atoms with Crippen molar-refractivity contribution in [2.24, 2.45) is 0 Å². The van der Waals surface area contributed by atoms with Gasteiger partial charge < -0.3 is 15.8 Å². The predicted molar refractivity (Wildman–Crippen MR) is 78.0 cm³/mol. The third-order valence-electron chi connectivity index (χ3n) is 2.57. The van der Waals surface area contributed by atoms with Crippen molar-refractivity contribution in [1.29, 1.82) is 0 Å². The number of esters is 1. The van der Waals surface area contributed by atoms with Gasteiger partial charge in [-0.2, -0.15) is 0 Å². The quantitative estimate of drug-likeness (QED) is 0.648. The normalized spacial score (nSPS) is 12.6. The van der Waals surface area contributed by atoms with Gasteiger partial charge in [-0.05, 0) is 39.3 Å². The largest absolute Gasteiger partial charge is 0.452 e. The number of hydrogen-bond acceptors (Lipinski definition) is 4. The fourth-order valence-electron chi connectivity index (χ4n) is 1.61. The maximum absolute atomic E-state index is 11.8. The van der Waals surface area contributed by atoms with Gasteiger partial charge in [0, 0.05) is 11.2 Å². The van der Waals surface area contributed by atoms with Crippen LogP contribution in [-0.2, 0) is 20.7 Å². The molecule has 0 saturated carbocycles. The second-order valence-electron chi connectivity index (χ2n) is 5.75. The van der Waals surface area contributed by atoms with E-state index in [2.05, 4.69) is 5.32 Å².